The third-order valence-electron chi connectivity index (χ3n) is 1.52. The van der Waals surface area contributed by atoms with Crippen LogP contribution in [0.5, 0.6) is 0 Å². The van der Waals surface area contributed by atoms with E-state index in [-0.39, 0.29) is 19.6 Å². The quantitative estimate of drug-likeness (QED) is 0.687. The fourth-order valence-corrected chi connectivity index (χ4v) is 0.612. The van der Waals surface area contributed by atoms with Gasteiger partial charge in [-0.1, -0.05) is 0 Å². The minimum absolute atomic E-state index is 0.148. The number of hydrogen-bond acceptors (Lipinski definition) is 3. The minimum Gasteiger partial charge on any atom is -0.396 e. The molecule has 0 bridgehead atoms. The zero-order valence-electron chi connectivity index (χ0n) is 7.34. The van der Waals surface area contributed by atoms with E-state index < -0.39 is 18.3 Å². The van der Waals surface area contributed by atoms with E-state index in [1.807, 2.05) is 0 Å². The fourth-order valence-electron chi connectivity index (χ4n) is 0.612. The van der Waals surface area contributed by atoms with Crippen LogP contribution in [-0.4, -0.2) is 36.6 Å². The monoisotopic (exact) mass is 201 g/mol. The van der Waals surface area contributed by atoms with Crippen molar-refractivity contribution in [2.24, 2.45) is 5.73 Å². The molecule has 3 N–H and O–H groups in total. The van der Waals surface area contributed by atoms with Crippen molar-refractivity contribution in [1.29, 1.82) is 0 Å². The maximum Gasteiger partial charge on any atom is 0.414 e. The van der Waals surface area contributed by atoms with Crippen LogP contribution in [0.4, 0.5) is 13.2 Å². The van der Waals surface area contributed by atoms with Gasteiger partial charge in [-0.15, -0.1) is 0 Å². The number of rotatable bonds is 5. The maximum atomic E-state index is 11.9. The first-order valence-corrected chi connectivity index (χ1v) is 3.92. The number of alkyl halides is 3. The van der Waals surface area contributed by atoms with Gasteiger partial charge in [0.2, 0.25) is 0 Å². The number of hydrogen-bond donors (Lipinski definition) is 2. The Bertz CT molecular complexity index is 140. The third kappa shape index (κ3) is 5.84. The standard InChI is InChI=1S/C7H14F3NO2/c1-5(7(8,9)10)13-4-6(11)2-3-12/h5-6,12H,2-4,11H2,1H3. The predicted molar refractivity (Wildman–Crippen MR) is 41.1 cm³/mol. The lowest BCUT2D eigenvalue weighted by atomic mass is 10.2. The maximum absolute atomic E-state index is 11.9. The lowest BCUT2D eigenvalue weighted by molar-refractivity contribution is -0.215. The first-order chi connectivity index (χ1) is 5.88. The van der Waals surface area contributed by atoms with E-state index in [0.29, 0.717) is 0 Å². The zero-order chi connectivity index (χ0) is 10.5. The van der Waals surface area contributed by atoms with Crippen LogP contribution >= 0.6 is 0 Å². The minimum atomic E-state index is -4.35. The number of nitrogens with two attached hydrogens (primary N) is 1. The molecule has 3 nitrogen and oxygen atoms in total. The molecule has 0 amide bonds. The van der Waals surface area contributed by atoms with Crippen LogP contribution in [0.25, 0.3) is 0 Å². The number of halogens is 3. The van der Waals surface area contributed by atoms with Crippen molar-refractivity contribution in [1.82, 2.24) is 0 Å². The number of aliphatic hydroxyl groups is 1. The predicted octanol–water partition coefficient (Wildman–Crippen LogP) is 0.663. The molecule has 0 aromatic heterocycles. The summed E-state index contributed by atoms with van der Waals surface area (Å²) in [7, 11) is 0. The highest BCUT2D eigenvalue weighted by Gasteiger charge is 2.36. The highest BCUT2D eigenvalue weighted by Crippen LogP contribution is 2.22. The first kappa shape index (κ1) is 12.7. The Hall–Kier alpha value is -0.330. The second-order valence-corrected chi connectivity index (χ2v) is 2.79. The molecule has 0 spiro atoms. The van der Waals surface area contributed by atoms with E-state index in [0.717, 1.165) is 6.92 Å². The van der Waals surface area contributed by atoms with Crippen LogP contribution in [-0.2, 0) is 4.74 Å². The van der Waals surface area contributed by atoms with Crippen LogP contribution in [0.15, 0.2) is 0 Å². The summed E-state index contributed by atoms with van der Waals surface area (Å²) in [6.07, 6.45) is -5.92. The Kier molecular flexibility index (Phi) is 5.27. The van der Waals surface area contributed by atoms with E-state index in [9.17, 15) is 13.2 Å². The average molecular weight is 201 g/mol. The molecule has 0 aliphatic heterocycles. The Balaban J connectivity index is 3.63. The van der Waals surface area contributed by atoms with Gasteiger partial charge < -0.3 is 15.6 Å². The van der Waals surface area contributed by atoms with E-state index in [4.69, 9.17) is 10.8 Å². The molecule has 0 fully saturated rings. The van der Waals surface area contributed by atoms with Gasteiger partial charge in [0.05, 0.1) is 6.61 Å². The molecule has 0 aliphatic carbocycles. The molecule has 0 aromatic rings. The van der Waals surface area contributed by atoms with Crippen molar-refractivity contribution in [3.63, 3.8) is 0 Å². The molecular formula is C7H14F3NO2. The normalized spacial score (nSPS) is 17.1. The second-order valence-electron chi connectivity index (χ2n) is 2.79. The van der Waals surface area contributed by atoms with E-state index in [2.05, 4.69) is 4.74 Å². The summed E-state index contributed by atoms with van der Waals surface area (Å²) in [5.41, 5.74) is 5.32. The summed E-state index contributed by atoms with van der Waals surface area (Å²) in [5.74, 6) is 0. The smallest absolute Gasteiger partial charge is 0.396 e. The summed E-state index contributed by atoms with van der Waals surface area (Å²) in [4.78, 5) is 0. The van der Waals surface area contributed by atoms with Crippen LogP contribution in [0.3, 0.4) is 0 Å². The van der Waals surface area contributed by atoms with Gasteiger partial charge in [0.1, 0.15) is 0 Å². The summed E-state index contributed by atoms with van der Waals surface area (Å²) >= 11 is 0. The molecule has 0 radical (unpaired) electrons. The van der Waals surface area contributed by atoms with E-state index >= 15 is 0 Å². The van der Waals surface area contributed by atoms with Gasteiger partial charge in [-0.3, -0.25) is 0 Å². The van der Waals surface area contributed by atoms with Gasteiger partial charge in [-0.25, -0.2) is 0 Å². The molecule has 0 saturated heterocycles. The fraction of sp³-hybridized carbons (Fsp3) is 1.00. The molecule has 80 valence electrons. The first-order valence-electron chi connectivity index (χ1n) is 3.92. The largest absolute Gasteiger partial charge is 0.414 e. The van der Waals surface area contributed by atoms with Crippen LogP contribution < -0.4 is 5.73 Å². The van der Waals surface area contributed by atoms with Gasteiger partial charge in [0, 0.05) is 12.6 Å². The molecule has 13 heavy (non-hydrogen) atoms. The lowest BCUT2D eigenvalue weighted by Gasteiger charge is -2.18. The average Bonchev–Trinajstić information content (AvgIpc) is 1.99. The van der Waals surface area contributed by atoms with Crippen molar-refractivity contribution in [2.45, 2.75) is 31.7 Å². The summed E-state index contributed by atoms with van der Waals surface area (Å²) in [6.45, 7) is 0.581. The molecule has 2 unspecified atom stereocenters. The van der Waals surface area contributed by atoms with Gasteiger partial charge in [-0.05, 0) is 13.3 Å². The van der Waals surface area contributed by atoms with Crippen molar-refractivity contribution in [3.8, 4) is 0 Å². The van der Waals surface area contributed by atoms with Crippen molar-refractivity contribution < 1.29 is 23.0 Å². The van der Waals surface area contributed by atoms with Crippen molar-refractivity contribution in [3.05, 3.63) is 0 Å². The Morgan fingerprint density at radius 1 is 1.46 bits per heavy atom. The van der Waals surface area contributed by atoms with Crippen LogP contribution in [0, 0.1) is 0 Å². The molecule has 0 aliphatic rings. The van der Waals surface area contributed by atoms with Crippen molar-refractivity contribution >= 4 is 0 Å². The highest BCUT2D eigenvalue weighted by molar-refractivity contribution is 4.64. The van der Waals surface area contributed by atoms with Crippen LogP contribution in [0.2, 0.25) is 0 Å². The summed E-state index contributed by atoms with van der Waals surface area (Å²) < 4.78 is 40.1. The number of ether oxygens (including phenoxy) is 1. The molecule has 6 heteroatoms. The van der Waals surface area contributed by atoms with Gasteiger partial charge in [-0.2, -0.15) is 13.2 Å². The summed E-state index contributed by atoms with van der Waals surface area (Å²) in [6, 6.07) is -0.546. The molecular weight excluding hydrogens is 187 g/mol. The topological polar surface area (TPSA) is 55.5 Å². The summed E-state index contributed by atoms with van der Waals surface area (Å²) in [5, 5.41) is 8.40. The second kappa shape index (κ2) is 5.41. The van der Waals surface area contributed by atoms with Gasteiger partial charge in [0.15, 0.2) is 6.10 Å². The Morgan fingerprint density at radius 2 is 2.00 bits per heavy atom. The highest BCUT2D eigenvalue weighted by atomic mass is 19.4. The van der Waals surface area contributed by atoms with E-state index in [1.54, 1.807) is 0 Å². The molecule has 0 heterocycles. The lowest BCUT2D eigenvalue weighted by Crippen LogP contribution is -2.35. The molecule has 2 atom stereocenters. The van der Waals surface area contributed by atoms with Crippen LogP contribution in [0.1, 0.15) is 13.3 Å². The Morgan fingerprint density at radius 3 is 2.38 bits per heavy atom. The van der Waals surface area contributed by atoms with Gasteiger partial charge in [0.25, 0.3) is 0 Å². The van der Waals surface area contributed by atoms with Crippen molar-refractivity contribution in [2.75, 3.05) is 13.2 Å². The zero-order valence-corrected chi connectivity index (χ0v) is 7.34. The molecule has 0 aromatic carbocycles. The van der Waals surface area contributed by atoms with Gasteiger partial charge >= 0.3 is 6.18 Å². The third-order valence-corrected chi connectivity index (χ3v) is 1.52. The van der Waals surface area contributed by atoms with E-state index in [1.165, 1.54) is 0 Å². The molecule has 0 rings (SSSR count). The molecule has 0 saturated carbocycles. The SMILES string of the molecule is CC(OCC(N)CCO)C(F)(F)F. The Labute approximate surface area is 74.7 Å². The number of aliphatic hydroxyl groups excluding tert-OH is 1.